The van der Waals surface area contributed by atoms with Crippen molar-refractivity contribution in [2.75, 3.05) is 5.32 Å². The Hall–Kier alpha value is -2.40. The lowest BCUT2D eigenvalue weighted by molar-refractivity contribution is -0.115. The van der Waals surface area contributed by atoms with Gasteiger partial charge in [-0.1, -0.05) is 11.6 Å². The highest BCUT2D eigenvalue weighted by atomic mass is 35.5. The lowest BCUT2D eigenvalue weighted by Crippen LogP contribution is -2.15. The monoisotopic (exact) mass is 349 g/mol. The summed E-state index contributed by atoms with van der Waals surface area (Å²) in [5.41, 5.74) is 2.95. The van der Waals surface area contributed by atoms with E-state index in [0.29, 0.717) is 16.2 Å². The molecule has 1 aromatic heterocycles. The second kappa shape index (κ2) is 6.24. The maximum atomic E-state index is 13.6. The van der Waals surface area contributed by atoms with Crippen LogP contribution in [0.4, 0.5) is 14.5 Å². The van der Waals surface area contributed by atoms with Crippen LogP contribution < -0.4 is 5.32 Å². The van der Waals surface area contributed by atoms with Crippen molar-refractivity contribution in [1.82, 2.24) is 0 Å². The molecule has 3 aromatic rings. The molecule has 6 heteroatoms. The number of carbonyl (C=O) groups excluding carboxylic acids is 1. The molecule has 0 aliphatic heterocycles. The molecule has 0 atom stereocenters. The van der Waals surface area contributed by atoms with Crippen LogP contribution in [-0.4, -0.2) is 5.91 Å². The highest BCUT2D eigenvalue weighted by Gasteiger charge is 2.16. The van der Waals surface area contributed by atoms with Gasteiger partial charge in [-0.2, -0.15) is 0 Å². The Kier molecular flexibility index (Phi) is 4.28. The fourth-order valence-corrected chi connectivity index (χ4v) is 2.85. The number of furan rings is 1. The summed E-state index contributed by atoms with van der Waals surface area (Å²) in [7, 11) is 0. The molecule has 2 aromatic carbocycles. The SMILES string of the molecule is Cc1cc2occ(CC(=O)Nc3ccc(F)cc3F)c2c(C)c1Cl. The van der Waals surface area contributed by atoms with Gasteiger partial charge in [-0.25, -0.2) is 8.78 Å². The lowest BCUT2D eigenvalue weighted by atomic mass is 10.0. The van der Waals surface area contributed by atoms with Crippen LogP contribution in [0.2, 0.25) is 5.02 Å². The zero-order valence-electron chi connectivity index (χ0n) is 13.0. The van der Waals surface area contributed by atoms with Gasteiger partial charge < -0.3 is 9.73 Å². The van der Waals surface area contributed by atoms with Gasteiger partial charge in [-0.15, -0.1) is 0 Å². The number of hydrogen-bond donors (Lipinski definition) is 1. The molecular weight excluding hydrogens is 336 g/mol. The Morgan fingerprint density at radius 1 is 1.25 bits per heavy atom. The van der Waals surface area contributed by atoms with Crippen LogP contribution in [0.25, 0.3) is 11.0 Å². The third kappa shape index (κ3) is 2.99. The van der Waals surface area contributed by atoms with Crippen molar-refractivity contribution < 1.29 is 18.0 Å². The van der Waals surface area contributed by atoms with Crippen LogP contribution in [0.3, 0.4) is 0 Å². The number of rotatable bonds is 3. The summed E-state index contributed by atoms with van der Waals surface area (Å²) < 4.78 is 32.0. The Morgan fingerprint density at radius 3 is 2.71 bits per heavy atom. The van der Waals surface area contributed by atoms with Crippen molar-refractivity contribution in [3.8, 4) is 0 Å². The number of carbonyl (C=O) groups is 1. The van der Waals surface area contributed by atoms with E-state index in [1.165, 1.54) is 12.3 Å². The number of aryl methyl sites for hydroxylation is 2. The molecule has 3 nitrogen and oxygen atoms in total. The number of nitrogens with one attached hydrogen (secondary N) is 1. The third-order valence-electron chi connectivity index (χ3n) is 3.85. The largest absolute Gasteiger partial charge is 0.464 e. The summed E-state index contributed by atoms with van der Waals surface area (Å²) >= 11 is 6.26. The van der Waals surface area contributed by atoms with E-state index < -0.39 is 17.5 Å². The molecule has 1 N–H and O–H groups in total. The first-order valence-electron chi connectivity index (χ1n) is 7.27. The molecule has 1 amide bonds. The molecule has 0 spiro atoms. The van der Waals surface area contributed by atoms with E-state index in [1.807, 2.05) is 19.9 Å². The van der Waals surface area contributed by atoms with Crippen LogP contribution in [0.1, 0.15) is 16.7 Å². The first-order chi connectivity index (χ1) is 11.4. The van der Waals surface area contributed by atoms with Crippen molar-refractivity contribution in [2.24, 2.45) is 0 Å². The van der Waals surface area contributed by atoms with E-state index >= 15 is 0 Å². The third-order valence-corrected chi connectivity index (χ3v) is 4.43. The smallest absolute Gasteiger partial charge is 0.229 e. The van der Waals surface area contributed by atoms with E-state index in [4.69, 9.17) is 16.0 Å². The van der Waals surface area contributed by atoms with E-state index in [1.54, 1.807) is 0 Å². The molecule has 0 aliphatic rings. The standard InChI is InChI=1S/C18H14ClF2NO2/c1-9-5-15-17(10(2)18(9)19)11(8-24-15)6-16(23)22-14-4-3-12(20)7-13(14)21/h3-5,7-8H,6H2,1-2H3,(H,22,23). The van der Waals surface area contributed by atoms with Crippen molar-refractivity contribution in [3.05, 3.63) is 63.9 Å². The van der Waals surface area contributed by atoms with Gasteiger partial charge in [0.15, 0.2) is 0 Å². The molecule has 1 heterocycles. The molecular formula is C18H14ClF2NO2. The summed E-state index contributed by atoms with van der Waals surface area (Å²) in [6, 6.07) is 4.79. The van der Waals surface area contributed by atoms with E-state index in [9.17, 15) is 13.6 Å². The quantitative estimate of drug-likeness (QED) is 0.709. The van der Waals surface area contributed by atoms with Crippen LogP contribution in [0.5, 0.6) is 0 Å². The second-order valence-electron chi connectivity index (χ2n) is 5.62. The topological polar surface area (TPSA) is 42.2 Å². The van der Waals surface area contributed by atoms with Gasteiger partial charge >= 0.3 is 0 Å². The Labute approximate surface area is 142 Å². The zero-order valence-corrected chi connectivity index (χ0v) is 13.8. The fourth-order valence-electron chi connectivity index (χ4n) is 2.70. The first-order valence-corrected chi connectivity index (χ1v) is 7.65. The molecule has 0 unspecified atom stereocenters. The molecule has 0 fully saturated rings. The minimum atomic E-state index is -0.824. The zero-order chi connectivity index (χ0) is 17.4. The molecule has 0 saturated carbocycles. The maximum absolute atomic E-state index is 13.6. The Balaban J connectivity index is 1.87. The van der Waals surface area contributed by atoms with Gasteiger partial charge in [0.05, 0.1) is 18.4 Å². The number of fused-ring (bicyclic) bond motifs is 1. The summed E-state index contributed by atoms with van der Waals surface area (Å²) in [5, 5.41) is 3.83. The van der Waals surface area contributed by atoms with E-state index in [-0.39, 0.29) is 12.1 Å². The highest BCUT2D eigenvalue weighted by Crippen LogP contribution is 2.32. The van der Waals surface area contributed by atoms with Crippen molar-refractivity contribution in [2.45, 2.75) is 20.3 Å². The van der Waals surface area contributed by atoms with Gasteiger partial charge in [-0.05, 0) is 43.2 Å². The Bertz CT molecular complexity index is 950. The highest BCUT2D eigenvalue weighted by molar-refractivity contribution is 6.33. The van der Waals surface area contributed by atoms with Crippen LogP contribution in [0, 0.1) is 25.5 Å². The first kappa shape index (κ1) is 16.5. The van der Waals surface area contributed by atoms with Crippen molar-refractivity contribution in [3.63, 3.8) is 0 Å². The summed E-state index contributed by atoms with van der Waals surface area (Å²) in [6.07, 6.45) is 1.48. The van der Waals surface area contributed by atoms with Gasteiger partial charge in [0.2, 0.25) is 5.91 Å². The van der Waals surface area contributed by atoms with Gasteiger partial charge in [-0.3, -0.25) is 4.79 Å². The predicted octanol–water partition coefficient (Wildman–Crippen LogP) is 5.16. The maximum Gasteiger partial charge on any atom is 0.229 e. The minimum Gasteiger partial charge on any atom is -0.464 e. The van der Waals surface area contributed by atoms with Gasteiger partial charge in [0, 0.05) is 22.0 Å². The summed E-state index contributed by atoms with van der Waals surface area (Å²) in [4.78, 5) is 12.2. The van der Waals surface area contributed by atoms with E-state index in [0.717, 1.165) is 28.6 Å². The molecule has 0 aliphatic carbocycles. The molecule has 124 valence electrons. The summed E-state index contributed by atoms with van der Waals surface area (Å²) in [5.74, 6) is -1.96. The number of benzene rings is 2. The number of halogens is 3. The lowest BCUT2D eigenvalue weighted by Gasteiger charge is -2.07. The second-order valence-corrected chi connectivity index (χ2v) is 5.99. The predicted molar refractivity (Wildman–Crippen MR) is 89.4 cm³/mol. The van der Waals surface area contributed by atoms with E-state index in [2.05, 4.69) is 5.32 Å². The number of amides is 1. The normalized spacial score (nSPS) is 11.0. The van der Waals surface area contributed by atoms with Crippen molar-refractivity contribution in [1.29, 1.82) is 0 Å². The van der Waals surface area contributed by atoms with Crippen LogP contribution in [-0.2, 0) is 11.2 Å². The summed E-state index contributed by atoms with van der Waals surface area (Å²) in [6.45, 7) is 3.73. The molecule has 3 rings (SSSR count). The number of anilines is 1. The van der Waals surface area contributed by atoms with Crippen LogP contribution in [0.15, 0.2) is 34.9 Å². The fraction of sp³-hybridized carbons (Fsp3) is 0.167. The average Bonchev–Trinajstić information content (AvgIpc) is 2.90. The average molecular weight is 350 g/mol. The van der Waals surface area contributed by atoms with Crippen molar-refractivity contribution >= 4 is 34.2 Å². The molecule has 24 heavy (non-hydrogen) atoms. The molecule has 0 saturated heterocycles. The van der Waals surface area contributed by atoms with Gasteiger partial charge in [0.1, 0.15) is 17.2 Å². The number of hydrogen-bond acceptors (Lipinski definition) is 2. The molecule has 0 bridgehead atoms. The molecule has 0 radical (unpaired) electrons. The van der Waals surface area contributed by atoms with Gasteiger partial charge in [0.25, 0.3) is 0 Å². The minimum absolute atomic E-state index is 0.00987. The Morgan fingerprint density at radius 2 is 2.00 bits per heavy atom. The van der Waals surface area contributed by atoms with Crippen LogP contribution >= 0.6 is 11.6 Å².